The van der Waals surface area contributed by atoms with Gasteiger partial charge in [0, 0.05) is 12.1 Å². The molecule has 2 N–H and O–H groups in total. The predicted octanol–water partition coefficient (Wildman–Crippen LogP) is 7.24. The molecule has 0 atom stereocenters. The van der Waals surface area contributed by atoms with Crippen LogP contribution >= 0.6 is 0 Å². The van der Waals surface area contributed by atoms with Gasteiger partial charge in [-0.15, -0.1) is 0 Å². The van der Waals surface area contributed by atoms with Gasteiger partial charge in [-0.05, 0) is 31.9 Å². The second kappa shape index (κ2) is 14.8. The van der Waals surface area contributed by atoms with Crippen LogP contribution < -0.4 is 15.2 Å². The highest BCUT2D eigenvalue weighted by Crippen LogP contribution is 2.30. The standard InChI is InChI=1S/C26H43N3O2/c1-4-6-8-10-12-14-18-30-23-16-17-25(31-19-15-13-11-9-7-5-2)24(21-23)29-26(27)20-22(3)28-29/h16-17,20-21H,4-15,18-19,27H2,1-3H3. The molecule has 0 aliphatic carbocycles. The van der Waals surface area contributed by atoms with E-state index in [9.17, 15) is 0 Å². The number of benzene rings is 1. The number of hydrogen-bond donors (Lipinski definition) is 1. The zero-order chi connectivity index (χ0) is 22.3. The summed E-state index contributed by atoms with van der Waals surface area (Å²) in [6, 6.07) is 7.85. The van der Waals surface area contributed by atoms with Crippen molar-refractivity contribution in [3.05, 3.63) is 30.0 Å². The topological polar surface area (TPSA) is 62.3 Å². The van der Waals surface area contributed by atoms with Crippen molar-refractivity contribution in [2.24, 2.45) is 0 Å². The van der Waals surface area contributed by atoms with E-state index < -0.39 is 0 Å². The first-order valence-electron chi connectivity index (χ1n) is 12.4. The van der Waals surface area contributed by atoms with E-state index >= 15 is 0 Å². The first-order chi connectivity index (χ1) is 15.2. The molecule has 2 aromatic rings. The van der Waals surface area contributed by atoms with Gasteiger partial charge in [-0.3, -0.25) is 0 Å². The Kier molecular flexibility index (Phi) is 12.0. The van der Waals surface area contributed by atoms with E-state index in [1.165, 1.54) is 64.2 Å². The molecule has 0 radical (unpaired) electrons. The number of unbranched alkanes of at least 4 members (excludes halogenated alkanes) is 10. The molecule has 0 amide bonds. The molecule has 0 aliphatic rings. The first kappa shape index (κ1) is 25.1. The zero-order valence-corrected chi connectivity index (χ0v) is 20.0. The second-order valence-electron chi connectivity index (χ2n) is 8.48. The van der Waals surface area contributed by atoms with E-state index in [4.69, 9.17) is 15.2 Å². The van der Waals surface area contributed by atoms with Crippen molar-refractivity contribution in [2.45, 2.75) is 97.8 Å². The molecule has 0 aliphatic heterocycles. The van der Waals surface area contributed by atoms with Gasteiger partial charge in [-0.2, -0.15) is 5.10 Å². The SMILES string of the molecule is CCCCCCCCOc1ccc(OCCCCCCCC)c(-n2nc(C)cc2N)c1. The maximum Gasteiger partial charge on any atom is 0.145 e. The Hall–Kier alpha value is -2.17. The van der Waals surface area contributed by atoms with E-state index in [-0.39, 0.29) is 0 Å². The van der Waals surface area contributed by atoms with Gasteiger partial charge in [-0.25, -0.2) is 4.68 Å². The van der Waals surface area contributed by atoms with E-state index in [0.717, 1.165) is 42.3 Å². The molecule has 5 nitrogen and oxygen atoms in total. The molecule has 174 valence electrons. The Bertz CT molecular complexity index is 742. The van der Waals surface area contributed by atoms with E-state index in [1.54, 1.807) is 4.68 Å². The summed E-state index contributed by atoms with van der Waals surface area (Å²) in [5, 5.41) is 4.55. The molecule has 0 fully saturated rings. The lowest BCUT2D eigenvalue weighted by atomic mass is 10.1. The van der Waals surface area contributed by atoms with Gasteiger partial charge in [0.1, 0.15) is 23.0 Å². The van der Waals surface area contributed by atoms with Crippen LogP contribution in [0.5, 0.6) is 11.5 Å². The van der Waals surface area contributed by atoms with Crippen LogP contribution in [0.1, 0.15) is 96.6 Å². The van der Waals surface area contributed by atoms with Crippen LogP contribution in [0.25, 0.3) is 5.69 Å². The van der Waals surface area contributed by atoms with Crippen molar-refractivity contribution in [2.75, 3.05) is 18.9 Å². The largest absolute Gasteiger partial charge is 0.494 e. The molecule has 0 spiro atoms. The Morgan fingerprint density at radius 2 is 1.35 bits per heavy atom. The number of anilines is 1. The van der Waals surface area contributed by atoms with Crippen molar-refractivity contribution in [3.63, 3.8) is 0 Å². The lowest BCUT2D eigenvalue weighted by molar-refractivity contribution is 0.295. The monoisotopic (exact) mass is 429 g/mol. The third kappa shape index (κ3) is 9.24. The number of nitrogens with two attached hydrogens (primary N) is 1. The first-order valence-corrected chi connectivity index (χ1v) is 12.4. The highest BCUT2D eigenvalue weighted by molar-refractivity contribution is 5.54. The smallest absolute Gasteiger partial charge is 0.145 e. The van der Waals surface area contributed by atoms with Crippen LogP contribution in [0.2, 0.25) is 0 Å². The number of rotatable bonds is 17. The maximum atomic E-state index is 6.20. The Morgan fingerprint density at radius 3 is 1.94 bits per heavy atom. The quantitative estimate of drug-likeness (QED) is 0.269. The van der Waals surface area contributed by atoms with Gasteiger partial charge < -0.3 is 15.2 Å². The van der Waals surface area contributed by atoms with E-state index in [0.29, 0.717) is 12.4 Å². The fourth-order valence-electron chi connectivity index (χ4n) is 3.72. The Balaban J connectivity index is 1.93. The van der Waals surface area contributed by atoms with Crippen LogP contribution in [0.4, 0.5) is 5.82 Å². The van der Waals surface area contributed by atoms with Crippen LogP contribution in [0, 0.1) is 6.92 Å². The summed E-state index contributed by atoms with van der Waals surface area (Å²) in [7, 11) is 0. The van der Waals surface area contributed by atoms with Crippen molar-refractivity contribution in [1.82, 2.24) is 9.78 Å². The van der Waals surface area contributed by atoms with Gasteiger partial charge in [0.2, 0.25) is 0 Å². The highest BCUT2D eigenvalue weighted by atomic mass is 16.5. The highest BCUT2D eigenvalue weighted by Gasteiger charge is 2.13. The van der Waals surface area contributed by atoms with Gasteiger partial charge >= 0.3 is 0 Å². The molecule has 0 saturated heterocycles. The lowest BCUT2D eigenvalue weighted by Gasteiger charge is -2.15. The average molecular weight is 430 g/mol. The molecule has 31 heavy (non-hydrogen) atoms. The molecular formula is C26H43N3O2. The number of nitrogens with zero attached hydrogens (tertiary/aromatic N) is 2. The normalized spacial score (nSPS) is 11.1. The second-order valence-corrected chi connectivity index (χ2v) is 8.48. The molecule has 1 aromatic carbocycles. The third-order valence-corrected chi connectivity index (χ3v) is 5.54. The van der Waals surface area contributed by atoms with Crippen LogP contribution in [-0.4, -0.2) is 23.0 Å². The summed E-state index contributed by atoms with van der Waals surface area (Å²) in [5.74, 6) is 2.24. The lowest BCUT2D eigenvalue weighted by Crippen LogP contribution is -2.07. The minimum absolute atomic E-state index is 0.606. The number of aromatic nitrogens is 2. The summed E-state index contributed by atoms with van der Waals surface area (Å²) in [4.78, 5) is 0. The minimum atomic E-state index is 0.606. The summed E-state index contributed by atoms with van der Waals surface area (Å²) < 4.78 is 13.9. The molecule has 0 saturated carbocycles. The average Bonchev–Trinajstić information content (AvgIpc) is 3.10. The van der Waals surface area contributed by atoms with Crippen LogP contribution in [-0.2, 0) is 0 Å². The van der Waals surface area contributed by atoms with E-state index in [1.807, 2.05) is 31.2 Å². The summed E-state index contributed by atoms with van der Waals surface area (Å²) in [6.07, 6.45) is 15.0. The van der Waals surface area contributed by atoms with Crippen molar-refractivity contribution in [1.29, 1.82) is 0 Å². The summed E-state index contributed by atoms with van der Waals surface area (Å²) in [5.41, 5.74) is 7.93. The van der Waals surface area contributed by atoms with Gasteiger partial charge in [0.15, 0.2) is 0 Å². The van der Waals surface area contributed by atoms with Crippen molar-refractivity contribution >= 4 is 5.82 Å². The van der Waals surface area contributed by atoms with Gasteiger partial charge in [0.25, 0.3) is 0 Å². The summed E-state index contributed by atoms with van der Waals surface area (Å²) >= 11 is 0. The maximum absolute atomic E-state index is 6.20. The van der Waals surface area contributed by atoms with Gasteiger partial charge in [0.05, 0.1) is 18.9 Å². The Labute approximate surface area is 189 Å². The van der Waals surface area contributed by atoms with Crippen LogP contribution in [0.15, 0.2) is 24.3 Å². The Morgan fingerprint density at radius 1 is 0.774 bits per heavy atom. The summed E-state index contributed by atoms with van der Waals surface area (Å²) in [6.45, 7) is 7.88. The molecule has 0 bridgehead atoms. The molecule has 5 heteroatoms. The van der Waals surface area contributed by atoms with Crippen LogP contribution in [0.3, 0.4) is 0 Å². The number of aryl methyl sites for hydroxylation is 1. The van der Waals surface area contributed by atoms with E-state index in [2.05, 4.69) is 18.9 Å². The van der Waals surface area contributed by atoms with Gasteiger partial charge in [-0.1, -0.05) is 78.1 Å². The number of hydrogen-bond acceptors (Lipinski definition) is 4. The van der Waals surface area contributed by atoms with Crippen molar-refractivity contribution < 1.29 is 9.47 Å². The minimum Gasteiger partial charge on any atom is -0.494 e. The number of nitrogen functional groups attached to an aromatic ring is 1. The van der Waals surface area contributed by atoms with Crippen molar-refractivity contribution in [3.8, 4) is 17.2 Å². The fraction of sp³-hybridized carbons (Fsp3) is 0.654. The molecule has 1 heterocycles. The molecule has 1 aromatic heterocycles. The molecular weight excluding hydrogens is 386 g/mol. The molecule has 2 rings (SSSR count). The predicted molar refractivity (Wildman–Crippen MR) is 130 cm³/mol. The molecule has 0 unspecified atom stereocenters. The fourth-order valence-corrected chi connectivity index (χ4v) is 3.72. The number of ether oxygens (including phenoxy) is 2. The zero-order valence-electron chi connectivity index (χ0n) is 20.0. The third-order valence-electron chi connectivity index (χ3n) is 5.54.